The number of benzene rings is 2. The van der Waals surface area contributed by atoms with Gasteiger partial charge in [-0.15, -0.1) is 5.54 Å². The molecule has 0 radical (unpaired) electrons. The van der Waals surface area contributed by atoms with Gasteiger partial charge in [0.1, 0.15) is 8.07 Å². The summed E-state index contributed by atoms with van der Waals surface area (Å²) in [7, 11) is -1.65. The van der Waals surface area contributed by atoms with E-state index >= 15 is 0 Å². The maximum absolute atomic E-state index is 14.2. The Kier molecular flexibility index (Phi) is 4.89. The van der Waals surface area contributed by atoms with Crippen LogP contribution in [0.4, 0.5) is 20.2 Å². The number of para-hydroxylation sites is 1. The lowest BCUT2D eigenvalue weighted by Gasteiger charge is -2.10. The summed E-state index contributed by atoms with van der Waals surface area (Å²) in [4.78, 5) is 0. The van der Waals surface area contributed by atoms with Crippen LogP contribution in [0.25, 0.3) is 0 Å². The molecule has 0 fully saturated rings. The van der Waals surface area contributed by atoms with Crippen LogP contribution < -0.4 is 5.32 Å². The lowest BCUT2D eigenvalue weighted by molar-refractivity contribution is 0.509. The Morgan fingerprint density at radius 2 is 1.64 bits per heavy atom. The molecular weight excluding hydrogens is 320 g/mol. The zero-order valence-electron chi connectivity index (χ0n) is 12.6. The van der Waals surface area contributed by atoms with Crippen molar-refractivity contribution in [3.8, 4) is 11.5 Å². The van der Waals surface area contributed by atoms with Gasteiger partial charge in [-0.2, -0.15) is 0 Å². The fraction of sp³-hybridized carbons (Fsp3) is 0.176. The SMILES string of the molecule is C[Si](C)(C)C#Cc1ccc(Nc2ccccc2Cl)c(F)c1F. The van der Waals surface area contributed by atoms with Crippen LogP contribution in [0, 0.1) is 23.1 Å². The van der Waals surface area contributed by atoms with Crippen LogP contribution in [0.2, 0.25) is 24.7 Å². The molecule has 2 aromatic carbocycles. The fourth-order valence-electron chi connectivity index (χ4n) is 1.71. The lowest BCUT2D eigenvalue weighted by Crippen LogP contribution is -2.16. The molecule has 5 heteroatoms. The molecule has 2 aromatic rings. The van der Waals surface area contributed by atoms with Gasteiger partial charge in [-0.3, -0.25) is 0 Å². The highest BCUT2D eigenvalue weighted by Gasteiger charge is 2.14. The molecule has 0 saturated heterocycles. The van der Waals surface area contributed by atoms with Crippen molar-refractivity contribution in [2.75, 3.05) is 5.32 Å². The van der Waals surface area contributed by atoms with E-state index in [4.69, 9.17) is 11.6 Å². The first-order valence-corrected chi connectivity index (χ1v) is 10.7. The van der Waals surface area contributed by atoms with Crippen molar-refractivity contribution >= 4 is 31.0 Å². The zero-order chi connectivity index (χ0) is 16.3. The van der Waals surface area contributed by atoms with Gasteiger partial charge in [-0.05, 0) is 24.3 Å². The largest absolute Gasteiger partial charge is 0.352 e. The Morgan fingerprint density at radius 3 is 2.27 bits per heavy atom. The van der Waals surface area contributed by atoms with Gasteiger partial charge in [0.2, 0.25) is 0 Å². The van der Waals surface area contributed by atoms with E-state index in [0.29, 0.717) is 10.7 Å². The van der Waals surface area contributed by atoms with Crippen LogP contribution >= 0.6 is 11.6 Å². The van der Waals surface area contributed by atoms with Crippen LogP contribution in [-0.2, 0) is 0 Å². The Bertz CT molecular complexity index is 757. The topological polar surface area (TPSA) is 12.0 Å². The Morgan fingerprint density at radius 1 is 0.955 bits per heavy atom. The van der Waals surface area contributed by atoms with E-state index in [9.17, 15) is 8.78 Å². The fourth-order valence-corrected chi connectivity index (χ4v) is 2.40. The normalized spacial score (nSPS) is 10.8. The van der Waals surface area contributed by atoms with E-state index in [2.05, 4.69) is 16.8 Å². The van der Waals surface area contributed by atoms with Gasteiger partial charge in [-0.1, -0.05) is 49.3 Å². The number of halogens is 3. The van der Waals surface area contributed by atoms with Gasteiger partial charge >= 0.3 is 0 Å². The summed E-state index contributed by atoms with van der Waals surface area (Å²) in [6, 6.07) is 9.83. The molecule has 0 amide bonds. The average molecular weight is 336 g/mol. The summed E-state index contributed by atoms with van der Waals surface area (Å²) < 4.78 is 28.3. The summed E-state index contributed by atoms with van der Waals surface area (Å²) in [6.45, 7) is 6.13. The van der Waals surface area contributed by atoms with Crippen LogP contribution in [0.3, 0.4) is 0 Å². The van der Waals surface area contributed by atoms with Crippen LogP contribution in [0.15, 0.2) is 36.4 Å². The monoisotopic (exact) mass is 335 g/mol. The molecule has 114 valence electrons. The Hall–Kier alpha value is -1.83. The van der Waals surface area contributed by atoms with E-state index in [1.165, 1.54) is 12.1 Å². The van der Waals surface area contributed by atoms with Gasteiger partial charge in [0.15, 0.2) is 11.6 Å². The van der Waals surface area contributed by atoms with Gasteiger partial charge in [0.05, 0.1) is 22.0 Å². The summed E-state index contributed by atoms with van der Waals surface area (Å²) in [6.07, 6.45) is 0. The molecule has 0 aromatic heterocycles. The summed E-state index contributed by atoms with van der Waals surface area (Å²) in [5, 5.41) is 3.23. The van der Waals surface area contributed by atoms with Crippen molar-refractivity contribution in [1.82, 2.24) is 0 Å². The number of rotatable bonds is 2. The zero-order valence-corrected chi connectivity index (χ0v) is 14.4. The van der Waals surface area contributed by atoms with Crippen molar-refractivity contribution in [3.63, 3.8) is 0 Å². The molecule has 22 heavy (non-hydrogen) atoms. The second kappa shape index (κ2) is 6.51. The molecular formula is C17H16ClF2NSi. The number of anilines is 2. The molecule has 0 heterocycles. The van der Waals surface area contributed by atoms with Crippen molar-refractivity contribution in [2.24, 2.45) is 0 Å². The van der Waals surface area contributed by atoms with Crippen LogP contribution in [0.5, 0.6) is 0 Å². The predicted octanol–water partition coefficient (Wildman–Crippen LogP) is 5.59. The highest BCUT2D eigenvalue weighted by Crippen LogP contribution is 2.28. The Balaban J connectivity index is 2.35. The van der Waals surface area contributed by atoms with Gasteiger partial charge < -0.3 is 5.32 Å². The first-order chi connectivity index (χ1) is 10.3. The molecule has 0 unspecified atom stereocenters. The van der Waals surface area contributed by atoms with Crippen molar-refractivity contribution in [1.29, 1.82) is 0 Å². The summed E-state index contributed by atoms with van der Waals surface area (Å²) in [5.41, 5.74) is 3.65. The quantitative estimate of drug-likeness (QED) is 0.557. The second-order valence-electron chi connectivity index (χ2n) is 5.89. The molecule has 0 aliphatic rings. The molecule has 1 nitrogen and oxygen atoms in total. The van der Waals surface area contributed by atoms with E-state index in [0.717, 1.165) is 0 Å². The second-order valence-corrected chi connectivity index (χ2v) is 11.1. The molecule has 0 aliphatic carbocycles. The number of hydrogen-bond acceptors (Lipinski definition) is 1. The molecule has 0 spiro atoms. The van der Waals surface area contributed by atoms with Crippen molar-refractivity contribution in [3.05, 3.63) is 58.6 Å². The van der Waals surface area contributed by atoms with Crippen LogP contribution in [-0.4, -0.2) is 8.07 Å². The van der Waals surface area contributed by atoms with Gasteiger partial charge in [-0.25, -0.2) is 8.78 Å². The summed E-state index contributed by atoms with van der Waals surface area (Å²) in [5.74, 6) is 0.841. The third kappa shape index (κ3) is 4.09. The predicted molar refractivity (Wildman–Crippen MR) is 91.3 cm³/mol. The minimum Gasteiger partial charge on any atom is -0.352 e. The third-order valence-corrected chi connectivity index (χ3v) is 4.00. The molecule has 2 rings (SSSR count). The van der Waals surface area contributed by atoms with E-state index in [-0.39, 0.29) is 11.3 Å². The molecule has 0 aliphatic heterocycles. The maximum atomic E-state index is 14.2. The van der Waals surface area contributed by atoms with Crippen LogP contribution in [0.1, 0.15) is 5.56 Å². The minimum absolute atomic E-state index is 0.0316. The van der Waals surface area contributed by atoms with Crippen molar-refractivity contribution < 1.29 is 8.78 Å². The molecule has 0 atom stereocenters. The summed E-state index contributed by atoms with van der Waals surface area (Å²) >= 11 is 6.00. The lowest BCUT2D eigenvalue weighted by atomic mass is 10.2. The van der Waals surface area contributed by atoms with Gasteiger partial charge in [0.25, 0.3) is 0 Å². The number of hydrogen-bond donors (Lipinski definition) is 1. The first kappa shape index (κ1) is 16.5. The number of nitrogens with one attached hydrogen (secondary N) is 1. The van der Waals surface area contributed by atoms with E-state index in [1.807, 2.05) is 19.6 Å². The maximum Gasteiger partial charge on any atom is 0.183 e. The average Bonchev–Trinajstić information content (AvgIpc) is 2.44. The molecule has 0 saturated carbocycles. The van der Waals surface area contributed by atoms with E-state index in [1.54, 1.807) is 24.3 Å². The van der Waals surface area contributed by atoms with Crippen molar-refractivity contribution in [2.45, 2.75) is 19.6 Å². The highest BCUT2D eigenvalue weighted by atomic mass is 35.5. The smallest absolute Gasteiger partial charge is 0.183 e. The van der Waals surface area contributed by atoms with Gasteiger partial charge in [0, 0.05) is 0 Å². The molecule has 0 bridgehead atoms. The highest BCUT2D eigenvalue weighted by molar-refractivity contribution is 6.83. The standard InChI is InChI=1S/C17H16ClF2NSi/c1-22(2,3)11-10-12-8-9-15(17(20)16(12)19)21-14-7-5-4-6-13(14)18/h4-9,21H,1-3H3. The first-order valence-electron chi connectivity index (χ1n) is 6.80. The third-order valence-electron chi connectivity index (χ3n) is 2.80. The van der Waals surface area contributed by atoms with E-state index < -0.39 is 19.7 Å². The Labute approximate surface area is 135 Å². The molecule has 1 N–H and O–H groups in total. The minimum atomic E-state index is -1.65.